The van der Waals surface area contributed by atoms with Crippen molar-refractivity contribution >= 4 is 35.3 Å². The van der Waals surface area contributed by atoms with Crippen LogP contribution < -0.4 is 5.43 Å². The van der Waals surface area contributed by atoms with Gasteiger partial charge in [0.1, 0.15) is 5.75 Å². The van der Waals surface area contributed by atoms with Crippen molar-refractivity contribution in [1.82, 2.24) is 5.43 Å². The molecule has 0 unspecified atom stereocenters. The van der Waals surface area contributed by atoms with Crippen molar-refractivity contribution in [3.8, 4) is 5.75 Å². The second kappa shape index (κ2) is 6.61. The molecule has 0 aromatic heterocycles. The molecule has 0 spiro atoms. The van der Waals surface area contributed by atoms with Crippen molar-refractivity contribution in [1.29, 1.82) is 0 Å². The molecule has 0 saturated heterocycles. The molecule has 6 heteroatoms. The van der Waals surface area contributed by atoms with Gasteiger partial charge in [0.05, 0.1) is 11.2 Å². The minimum atomic E-state index is -0.336. The standard InChI is InChI=1S/C15H12Cl2N2O2/c1-9-4-2-3-5-12(9)15(21)19-18-8-10-6-11(16)7-13(17)14(10)20/h2-8,20H,1H3,(H,19,21)/b18-8+. The van der Waals surface area contributed by atoms with Gasteiger partial charge in [-0.3, -0.25) is 4.79 Å². The Hall–Kier alpha value is -2.04. The topological polar surface area (TPSA) is 61.7 Å². The molecular formula is C15H12Cl2N2O2. The third-order valence-electron chi connectivity index (χ3n) is 2.82. The van der Waals surface area contributed by atoms with Crippen molar-refractivity contribution < 1.29 is 9.90 Å². The Morgan fingerprint density at radius 1 is 1.29 bits per heavy atom. The largest absolute Gasteiger partial charge is 0.506 e. The third-order valence-corrected chi connectivity index (χ3v) is 3.32. The number of aromatic hydroxyl groups is 1. The van der Waals surface area contributed by atoms with Gasteiger partial charge in [0.2, 0.25) is 0 Å². The first-order valence-corrected chi connectivity index (χ1v) is 6.81. The van der Waals surface area contributed by atoms with Crippen LogP contribution in [0.15, 0.2) is 41.5 Å². The van der Waals surface area contributed by atoms with Gasteiger partial charge in [0.25, 0.3) is 5.91 Å². The molecule has 0 aliphatic carbocycles. The van der Waals surface area contributed by atoms with Crippen molar-refractivity contribution in [2.75, 3.05) is 0 Å². The predicted octanol–water partition coefficient (Wildman–Crippen LogP) is 3.77. The molecule has 0 aliphatic heterocycles. The number of benzene rings is 2. The first kappa shape index (κ1) is 15.4. The number of hydrogen-bond acceptors (Lipinski definition) is 3. The molecule has 21 heavy (non-hydrogen) atoms. The minimum Gasteiger partial charge on any atom is -0.506 e. The number of aryl methyl sites for hydroxylation is 1. The van der Waals surface area contributed by atoms with Crippen LogP contribution in [0.25, 0.3) is 0 Å². The van der Waals surface area contributed by atoms with E-state index < -0.39 is 0 Å². The molecule has 108 valence electrons. The first-order chi connectivity index (χ1) is 9.99. The number of hydrazone groups is 1. The van der Waals surface area contributed by atoms with Crippen LogP contribution in [0.3, 0.4) is 0 Å². The molecule has 0 fully saturated rings. The van der Waals surface area contributed by atoms with Gasteiger partial charge in [-0.25, -0.2) is 5.43 Å². The number of hydrogen-bond donors (Lipinski definition) is 2. The molecule has 2 aromatic rings. The van der Waals surface area contributed by atoms with E-state index in [1.807, 2.05) is 19.1 Å². The van der Waals surface area contributed by atoms with E-state index in [0.29, 0.717) is 16.1 Å². The van der Waals surface area contributed by atoms with E-state index in [2.05, 4.69) is 10.5 Å². The number of phenolic OH excluding ortho intramolecular Hbond substituents is 1. The van der Waals surface area contributed by atoms with E-state index in [1.54, 1.807) is 12.1 Å². The van der Waals surface area contributed by atoms with Gasteiger partial charge >= 0.3 is 0 Å². The van der Waals surface area contributed by atoms with Gasteiger partial charge < -0.3 is 5.11 Å². The lowest BCUT2D eigenvalue weighted by Crippen LogP contribution is -2.18. The van der Waals surface area contributed by atoms with Crippen LogP contribution in [0, 0.1) is 6.92 Å². The lowest BCUT2D eigenvalue weighted by Gasteiger charge is -2.04. The highest BCUT2D eigenvalue weighted by Gasteiger charge is 2.08. The molecule has 0 bridgehead atoms. The molecule has 0 heterocycles. The Balaban J connectivity index is 2.13. The van der Waals surface area contributed by atoms with Crippen molar-refractivity contribution in [3.05, 3.63) is 63.1 Å². The highest BCUT2D eigenvalue weighted by atomic mass is 35.5. The summed E-state index contributed by atoms with van der Waals surface area (Å²) in [5.74, 6) is -0.480. The van der Waals surface area contributed by atoms with Crippen LogP contribution in [-0.2, 0) is 0 Å². The van der Waals surface area contributed by atoms with E-state index in [9.17, 15) is 9.90 Å². The molecule has 0 radical (unpaired) electrons. The molecule has 0 saturated carbocycles. The summed E-state index contributed by atoms with van der Waals surface area (Å²) in [7, 11) is 0. The Labute approximate surface area is 132 Å². The molecular weight excluding hydrogens is 311 g/mol. The molecule has 1 amide bonds. The number of carbonyl (C=O) groups excluding carboxylic acids is 1. The zero-order valence-electron chi connectivity index (χ0n) is 11.1. The van der Waals surface area contributed by atoms with E-state index in [0.717, 1.165) is 5.56 Å². The number of nitrogens with zero attached hydrogens (tertiary/aromatic N) is 1. The number of phenols is 1. The number of rotatable bonds is 3. The van der Waals surface area contributed by atoms with Gasteiger partial charge in [-0.05, 0) is 30.7 Å². The second-order valence-electron chi connectivity index (χ2n) is 4.34. The normalized spacial score (nSPS) is 10.8. The first-order valence-electron chi connectivity index (χ1n) is 6.06. The maximum Gasteiger partial charge on any atom is 0.271 e. The van der Waals surface area contributed by atoms with Crippen molar-refractivity contribution in [3.63, 3.8) is 0 Å². The highest BCUT2D eigenvalue weighted by Crippen LogP contribution is 2.29. The predicted molar refractivity (Wildman–Crippen MR) is 84.4 cm³/mol. The van der Waals surface area contributed by atoms with Crippen LogP contribution in [0.4, 0.5) is 0 Å². The van der Waals surface area contributed by atoms with Gasteiger partial charge in [0.15, 0.2) is 0 Å². The fourth-order valence-corrected chi connectivity index (χ4v) is 2.24. The summed E-state index contributed by atoms with van der Waals surface area (Å²) in [6.45, 7) is 1.83. The molecule has 2 rings (SSSR count). The van der Waals surface area contributed by atoms with E-state index in [-0.39, 0.29) is 16.7 Å². The summed E-state index contributed by atoms with van der Waals surface area (Å²) in [4.78, 5) is 11.9. The van der Waals surface area contributed by atoms with Gasteiger partial charge in [-0.15, -0.1) is 0 Å². The maximum absolute atomic E-state index is 11.9. The molecule has 2 aromatic carbocycles. The Morgan fingerprint density at radius 3 is 2.71 bits per heavy atom. The summed E-state index contributed by atoms with van der Waals surface area (Å²) in [6, 6.07) is 10.1. The Morgan fingerprint density at radius 2 is 2.00 bits per heavy atom. The average molecular weight is 323 g/mol. The van der Waals surface area contributed by atoms with Gasteiger partial charge in [-0.1, -0.05) is 41.4 Å². The van der Waals surface area contributed by atoms with Crippen molar-refractivity contribution in [2.24, 2.45) is 5.10 Å². The zero-order valence-corrected chi connectivity index (χ0v) is 12.6. The van der Waals surface area contributed by atoms with Crippen LogP contribution >= 0.6 is 23.2 Å². The summed E-state index contributed by atoms with van der Waals surface area (Å²) in [5, 5.41) is 14.0. The Bertz CT molecular complexity index is 715. The van der Waals surface area contributed by atoms with Crippen LogP contribution in [-0.4, -0.2) is 17.2 Å². The molecule has 2 N–H and O–H groups in total. The summed E-state index contributed by atoms with van der Waals surface area (Å²) >= 11 is 11.6. The fraction of sp³-hybridized carbons (Fsp3) is 0.0667. The molecule has 0 aliphatic rings. The second-order valence-corrected chi connectivity index (χ2v) is 5.18. The maximum atomic E-state index is 11.9. The minimum absolute atomic E-state index is 0.120. The van der Waals surface area contributed by atoms with Gasteiger partial charge in [0, 0.05) is 16.1 Å². The summed E-state index contributed by atoms with van der Waals surface area (Å²) < 4.78 is 0. The average Bonchev–Trinajstić information content (AvgIpc) is 2.44. The summed E-state index contributed by atoms with van der Waals surface area (Å²) in [5.41, 5.74) is 4.08. The Kier molecular flexibility index (Phi) is 4.83. The lowest BCUT2D eigenvalue weighted by atomic mass is 10.1. The van der Waals surface area contributed by atoms with Crippen molar-refractivity contribution in [2.45, 2.75) is 6.92 Å². The van der Waals surface area contributed by atoms with E-state index in [1.165, 1.54) is 18.3 Å². The van der Waals surface area contributed by atoms with Crippen LogP contribution in [0.1, 0.15) is 21.5 Å². The summed E-state index contributed by atoms with van der Waals surface area (Å²) in [6.07, 6.45) is 1.28. The van der Waals surface area contributed by atoms with Crippen LogP contribution in [0.5, 0.6) is 5.75 Å². The monoisotopic (exact) mass is 322 g/mol. The van der Waals surface area contributed by atoms with Crippen LogP contribution in [0.2, 0.25) is 10.0 Å². The highest BCUT2D eigenvalue weighted by molar-refractivity contribution is 6.36. The lowest BCUT2D eigenvalue weighted by molar-refractivity contribution is 0.0954. The van der Waals surface area contributed by atoms with E-state index in [4.69, 9.17) is 23.2 Å². The SMILES string of the molecule is Cc1ccccc1C(=O)N/N=C/c1cc(Cl)cc(Cl)c1O. The number of nitrogens with one attached hydrogen (secondary N) is 1. The van der Waals surface area contributed by atoms with Gasteiger partial charge in [-0.2, -0.15) is 5.10 Å². The van der Waals surface area contributed by atoms with E-state index >= 15 is 0 Å². The smallest absolute Gasteiger partial charge is 0.271 e. The number of halogens is 2. The zero-order chi connectivity index (χ0) is 15.4. The number of amides is 1. The fourth-order valence-electron chi connectivity index (χ4n) is 1.73. The quantitative estimate of drug-likeness (QED) is 0.667. The third kappa shape index (κ3) is 3.74. The molecule has 0 atom stereocenters. The molecule has 4 nitrogen and oxygen atoms in total. The number of carbonyl (C=O) groups is 1.